The molecule has 2 N–H and O–H groups in total. The summed E-state index contributed by atoms with van der Waals surface area (Å²) >= 11 is 0. The monoisotopic (exact) mass is 326 g/mol. The second-order valence-electron chi connectivity index (χ2n) is 6.16. The molecule has 1 aromatic heterocycles. The van der Waals surface area contributed by atoms with Gasteiger partial charge in [-0.05, 0) is 33.3 Å². The lowest BCUT2D eigenvalue weighted by molar-refractivity contribution is 0.0520. The van der Waals surface area contributed by atoms with E-state index in [1.807, 2.05) is 27.7 Å². The van der Waals surface area contributed by atoms with Crippen molar-refractivity contribution in [1.82, 2.24) is 10.6 Å². The number of esters is 1. The molecule has 1 unspecified atom stereocenters. The molecule has 0 spiro atoms. The maximum absolute atomic E-state index is 11.6. The van der Waals surface area contributed by atoms with Crippen LogP contribution in [0, 0.1) is 0 Å². The fourth-order valence-corrected chi connectivity index (χ4v) is 1.82. The molecule has 0 aliphatic heterocycles. The quantitative estimate of drug-likeness (QED) is 0.748. The minimum Gasteiger partial charge on any atom is -0.467 e. The van der Waals surface area contributed by atoms with E-state index in [1.165, 1.54) is 13.4 Å². The largest absolute Gasteiger partial charge is 0.467 e. The highest BCUT2D eigenvalue weighted by Gasteiger charge is 2.17. The fraction of sp³-hybridized carbons (Fsp3) is 0.625. The van der Waals surface area contributed by atoms with Crippen LogP contribution in [-0.2, 0) is 16.0 Å². The van der Waals surface area contributed by atoms with Gasteiger partial charge in [0.15, 0.2) is 0 Å². The van der Waals surface area contributed by atoms with Gasteiger partial charge in [-0.2, -0.15) is 0 Å². The van der Waals surface area contributed by atoms with Gasteiger partial charge in [-0.3, -0.25) is 0 Å². The molecule has 0 aliphatic carbocycles. The molecule has 7 heteroatoms. The molecular weight excluding hydrogens is 300 g/mol. The Labute approximate surface area is 136 Å². The van der Waals surface area contributed by atoms with Crippen LogP contribution in [0.2, 0.25) is 0 Å². The third-order valence-electron chi connectivity index (χ3n) is 3.02. The van der Waals surface area contributed by atoms with Crippen LogP contribution in [-0.4, -0.2) is 37.4 Å². The van der Waals surface area contributed by atoms with E-state index in [-0.39, 0.29) is 6.04 Å². The van der Waals surface area contributed by atoms with Gasteiger partial charge in [0.25, 0.3) is 0 Å². The summed E-state index contributed by atoms with van der Waals surface area (Å²) in [6, 6.07) is 1.70. The number of hydrogen-bond acceptors (Lipinski definition) is 6. The number of nitrogens with one attached hydrogen (secondary N) is 2. The summed E-state index contributed by atoms with van der Waals surface area (Å²) in [4.78, 5) is 23.0. The normalized spacial score (nSPS) is 12.6. The lowest BCUT2D eigenvalue weighted by Crippen LogP contribution is -2.42. The van der Waals surface area contributed by atoms with Crippen molar-refractivity contribution in [3.8, 4) is 0 Å². The van der Waals surface area contributed by atoms with Crippen molar-refractivity contribution in [1.29, 1.82) is 0 Å². The van der Waals surface area contributed by atoms with Gasteiger partial charge in [0.05, 0.1) is 19.2 Å². The molecule has 0 aromatic carbocycles. The van der Waals surface area contributed by atoms with E-state index in [0.717, 1.165) is 6.42 Å². The predicted octanol–water partition coefficient (Wildman–Crippen LogP) is 2.46. The van der Waals surface area contributed by atoms with E-state index >= 15 is 0 Å². The highest BCUT2D eigenvalue weighted by Crippen LogP contribution is 2.09. The molecule has 1 rings (SSSR count). The average molecular weight is 326 g/mol. The SMILES string of the molecule is CCC(CNC(=O)OC(C)(C)C)NCc1cc(C(=O)OC)co1. The molecule has 7 nitrogen and oxygen atoms in total. The number of ether oxygens (including phenoxy) is 2. The third-order valence-corrected chi connectivity index (χ3v) is 3.02. The van der Waals surface area contributed by atoms with Crippen LogP contribution in [0.4, 0.5) is 4.79 Å². The van der Waals surface area contributed by atoms with Gasteiger partial charge in [0, 0.05) is 12.6 Å². The summed E-state index contributed by atoms with van der Waals surface area (Å²) in [5, 5.41) is 5.99. The summed E-state index contributed by atoms with van der Waals surface area (Å²) in [6.07, 6.45) is 1.74. The van der Waals surface area contributed by atoms with Crippen LogP contribution >= 0.6 is 0 Å². The Morgan fingerprint density at radius 3 is 2.61 bits per heavy atom. The zero-order valence-electron chi connectivity index (χ0n) is 14.4. The lowest BCUT2D eigenvalue weighted by atomic mass is 10.2. The molecule has 0 bridgehead atoms. The van der Waals surface area contributed by atoms with Crippen molar-refractivity contribution >= 4 is 12.1 Å². The maximum Gasteiger partial charge on any atom is 0.407 e. The molecule has 1 heterocycles. The van der Waals surface area contributed by atoms with Crippen LogP contribution < -0.4 is 10.6 Å². The molecular formula is C16H26N2O5. The number of carbonyl (C=O) groups is 2. The second kappa shape index (κ2) is 8.57. The molecule has 130 valence electrons. The first kappa shape index (κ1) is 19.0. The van der Waals surface area contributed by atoms with Gasteiger partial charge >= 0.3 is 12.1 Å². The molecule has 0 saturated carbocycles. The first-order chi connectivity index (χ1) is 10.7. The highest BCUT2D eigenvalue weighted by atomic mass is 16.6. The Morgan fingerprint density at radius 1 is 1.35 bits per heavy atom. The van der Waals surface area contributed by atoms with Crippen molar-refractivity contribution in [2.45, 2.75) is 52.3 Å². The van der Waals surface area contributed by atoms with E-state index in [1.54, 1.807) is 6.07 Å². The molecule has 1 aromatic rings. The molecule has 1 atom stereocenters. The number of carbonyl (C=O) groups excluding carboxylic acids is 2. The summed E-state index contributed by atoms with van der Waals surface area (Å²) in [5.41, 5.74) is -0.137. The number of hydrogen-bond donors (Lipinski definition) is 2. The van der Waals surface area contributed by atoms with Crippen molar-refractivity contribution < 1.29 is 23.5 Å². The van der Waals surface area contributed by atoms with Crippen LogP contribution in [0.25, 0.3) is 0 Å². The first-order valence-corrected chi connectivity index (χ1v) is 7.61. The van der Waals surface area contributed by atoms with E-state index in [2.05, 4.69) is 15.4 Å². The van der Waals surface area contributed by atoms with E-state index in [4.69, 9.17) is 9.15 Å². The third kappa shape index (κ3) is 7.19. The molecule has 0 aliphatic rings. The number of amides is 1. The molecule has 0 radical (unpaired) electrons. The van der Waals surface area contributed by atoms with Crippen molar-refractivity contribution in [3.63, 3.8) is 0 Å². The van der Waals surface area contributed by atoms with Gasteiger partial charge < -0.3 is 24.5 Å². The Kier molecular flexibility index (Phi) is 7.09. The van der Waals surface area contributed by atoms with E-state index in [9.17, 15) is 9.59 Å². The summed E-state index contributed by atoms with van der Waals surface area (Å²) in [6.45, 7) is 8.35. The number of furan rings is 1. The maximum atomic E-state index is 11.6. The van der Waals surface area contributed by atoms with Gasteiger partial charge in [-0.1, -0.05) is 6.92 Å². The van der Waals surface area contributed by atoms with Crippen molar-refractivity contribution in [2.75, 3.05) is 13.7 Å². The van der Waals surface area contributed by atoms with E-state index in [0.29, 0.717) is 24.4 Å². The fourth-order valence-electron chi connectivity index (χ4n) is 1.82. The number of alkyl carbamates (subject to hydrolysis) is 1. The van der Waals surface area contributed by atoms with Crippen molar-refractivity contribution in [3.05, 3.63) is 23.7 Å². The smallest absolute Gasteiger partial charge is 0.407 e. The van der Waals surface area contributed by atoms with Gasteiger partial charge in [0.2, 0.25) is 0 Å². The first-order valence-electron chi connectivity index (χ1n) is 7.61. The molecule has 0 saturated heterocycles. The summed E-state index contributed by atoms with van der Waals surface area (Å²) in [5.74, 6) is 0.194. The average Bonchev–Trinajstić information content (AvgIpc) is 2.93. The van der Waals surface area contributed by atoms with Gasteiger partial charge in [0.1, 0.15) is 17.6 Å². The van der Waals surface area contributed by atoms with Crippen LogP contribution in [0.1, 0.15) is 50.2 Å². The van der Waals surface area contributed by atoms with Crippen molar-refractivity contribution in [2.24, 2.45) is 0 Å². The molecule has 23 heavy (non-hydrogen) atoms. The summed E-state index contributed by atoms with van der Waals surface area (Å²) in [7, 11) is 1.32. The van der Waals surface area contributed by atoms with E-state index < -0.39 is 17.7 Å². The van der Waals surface area contributed by atoms with Crippen LogP contribution in [0.3, 0.4) is 0 Å². The minimum atomic E-state index is -0.516. The topological polar surface area (TPSA) is 89.8 Å². The number of rotatable bonds is 7. The lowest BCUT2D eigenvalue weighted by Gasteiger charge is -2.22. The molecule has 0 fully saturated rings. The Hall–Kier alpha value is -2.02. The zero-order valence-corrected chi connectivity index (χ0v) is 14.4. The van der Waals surface area contributed by atoms with Crippen LogP contribution in [0.5, 0.6) is 0 Å². The summed E-state index contributed by atoms with van der Waals surface area (Å²) < 4.78 is 15.1. The Balaban J connectivity index is 2.40. The zero-order chi connectivity index (χ0) is 17.5. The predicted molar refractivity (Wildman–Crippen MR) is 85.2 cm³/mol. The highest BCUT2D eigenvalue weighted by molar-refractivity contribution is 5.88. The van der Waals surface area contributed by atoms with Gasteiger partial charge in [-0.15, -0.1) is 0 Å². The Bertz CT molecular complexity index is 519. The van der Waals surface area contributed by atoms with Gasteiger partial charge in [-0.25, -0.2) is 9.59 Å². The number of methoxy groups -OCH3 is 1. The van der Waals surface area contributed by atoms with Crippen LogP contribution in [0.15, 0.2) is 16.7 Å². The minimum absolute atomic E-state index is 0.0641. The second-order valence-corrected chi connectivity index (χ2v) is 6.16. The standard InChI is InChI=1S/C16H26N2O5/c1-6-12(8-18-15(20)23-16(2,3)4)17-9-13-7-11(10-22-13)14(19)21-5/h7,10,12,17H,6,8-9H2,1-5H3,(H,18,20). The molecule has 1 amide bonds. The Morgan fingerprint density at radius 2 is 2.04 bits per heavy atom.